The van der Waals surface area contributed by atoms with Crippen LogP contribution < -0.4 is 32.7 Å². The number of carbonyl (C=O) groups is 6. The summed E-state index contributed by atoms with van der Waals surface area (Å²) in [5.41, 5.74) is 4.79. The number of hydrogen-bond acceptors (Lipinski definition) is 31. The zero-order chi connectivity index (χ0) is 79.9. The average molecular weight is 1650 g/mol. The van der Waals surface area contributed by atoms with Gasteiger partial charge in [-0.15, -0.1) is 0 Å². The Balaban J connectivity index is 0.918. The third kappa shape index (κ3) is 49.6. The number of nitrogen functional groups attached to an aromatic ring is 1. The van der Waals surface area contributed by atoms with Crippen molar-refractivity contribution in [3.05, 3.63) is 22.2 Å². The number of Topliss-reactive ketones (excluding diaryl/α,β-unsaturated/α-hetero) is 2. The summed E-state index contributed by atoms with van der Waals surface area (Å²) in [4.78, 5) is 129. The van der Waals surface area contributed by atoms with E-state index in [9.17, 15) is 67.4 Å². The van der Waals surface area contributed by atoms with Gasteiger partial charge in [-0.1, -0.05) is 47.3 Å². The first-order valence-corrected chi connectivity index (χ1v) is 43.4. The lowest BCUT2D eigenvalue weighted by Crippen LogP contribution is -2.47. The van der Waals surface area contributed by atoms with Crippen molar-refractivity contribution in [2.75, 3.05) is 196 Å². The Morgan fingerprint density at radius 2 is 1.10 bits per heavy atom. The van der Waals surface area contributed by atoms with E-state index in [-0.39, 0.29) is 92.0 Å². The molecule has 0 spiro atoms. The Morgan fingerprint density at radius 1 is 0.609 bits per heavy atom. The minimum atomic E-state index is -5.32. The summed E-state index contributed by atoms with van der Waals surface area (Å²) >= 11 is 0. The molecule has 4 rings (SSSR count). The van der Waals surface area contributed by atoms with Crippen molar-refractivity contribution in [3.8, 4) is 0 Å². The van der Waals surface area contributed by atoms with Crippen LogP contribution in [0.1, 0.15) is 141 Å². The van der Waals surface area contributed by atoms with E-state index >= 15 is 0 Å². The standard InChI is InChI=1S/C68H121N9O29P2S2/c1-52-53(49-61(82)72-52)11-5-3-6-13-55(78)15-10-23-92-25-27-94-29-31-96-33-35-98-37-39-100-41-43-102-45-46-103-44-42-101-40-38-99-36-34-97-32-30-95-28-26-93-24-18-56(79)14-7-4-8-16-57(73-60(81)19-47-109-110-48-22-70-59(80)17-20-68(2)75-76-68)65(84)71-21-9-12-54-50-77(67(85)74-64(54)69)66-62(83)63(106-108(89,90)91)58(105-66)51-104-107(86,87)88/h50,52-53,57-58,62-63,66,83H,3-49,51H2,1-2H3,(H,70,80)(H,71,84)(H,72,82)(H,73,81)(H2,69,74,85)(H2,86,87,88)(H2,89,90,91)/t52-,53-,57-,58+,62-,63?,66+/m0/s1. The second kappa shape index (κ2) is 59.5. The molecular weight excluding hydrogens is 1530 g/mol. The van der Waals surface area contributed by atoms with Gasteiger partial charge in [0.2, 0.25) is 23.6 Å². The van der Waals surface area contributed by atoms with Crippen molar-refractivity contribution in [2.24, 2.45) is 16.1 Å². The number of ketones is 2. The number of carbonyl (C=O) groups excluding carboxylic acids is 6. The molecule has 0 aromatic carbocycles. The fraction of sp³-hybridized carbons (Fsp3) is 0.853. The Kier molecular flexibility index (Phi) is 53.1. The number of nitrogens with two attached hydrogens (primary N) is 1. The highest BCUT2D eigenvalue weighted by Crippen LogP contribution is 2.45. The molecule has 11 N–H and O–H groups in total. The zero-order valence-electron chi connectivity index (χ0n) is 63.7. The summed E-state index contributed by atoms with van der Waals surface area (Å²) in [6.07, 6.45) is 4.09. The van der Waals surface area contributed by atoms with Crippen LogP contribution in [0.5, 0.6) is 0 Å². The van der Waals surface area contributed by atoms with Gasteiger partial charge in [0.1, 0.15) is 41.7 Å². The maximum atomic E-state index is 13.6. The molecule has 4 heterocycles. The largest absolute Gasteiger partial charge is 0.470 e. The van der Waals surface area contributed by atoms with Gasteiger partial charge in [-0.05, 0) is 64.7 Å². The summed E-state index contributed by atoms with van der Waals surface area (Å²) in [6.45, 7) is 13.5. The van der Waals surface area contributed by atoms with E-state index in [4.69, 9.17) is 67.3 Å². The van der Waals surface area contributed by atoms with Crippen LogP contribution in [0.3, 0.4) is 0 Å². The number of ether oxygens (including phenoxy) is 13. The number of amides is 4. The van der Waals surface area contributed by atoms with Gasteiger partial charge < -0.3 is 113 Å². The highest BCUT2D eigenvalue weighted by atomic mass is 33.1. The SMILES string of the molecule is C[C@@H]1NC(=O)C[C@@H]1CCCCCC(=O)CCCOCCOCCOCCOCCOCCOCCOCCOCCOCCOCCOCCOCCC(=O)CCCCC[C@H](NC(=O)CCSSCCNC(=O)CCC1(C)N=N1)C(=O)NCCCc1cn([C@@H]2O[C@H](COP(=O)(O)O)C(OP(=O)(O)O)[C@@H]2O)c(=O)nc1N. The van der Waals surface area contributed by atoms with Crippen LogP contribution in [0.15, 0.2) is 21.2 Å². The van der Waals surface area contributed by atoms with E-state index in [2.05, 4.69) is 52.5 Å². The maximum absolute atomic E-state index is 13.6. The molecule has 7 atom stereocenters. The molecule has 1 aromatic heterocycles. The number of aryl methyl sites for hydroxylation is 1. The number of aliphatic hydroxyl groups is 1. The van der Waals surface area contributed by atoms with Crippen LogP contribution in [0.4, 0.5) is 5.82 Å². The number of anilines is 1. The third-order valence-electron chi connectivity index (χ3n) is 17.0. The van der Waals surface area contributed by atoms with Gasteiger partial charge in [-0.25, -0.2) is 13.9 Å². The molecule has 0 radical (unpaired) electrons. The Bertz CT molecular complexity index is 2930. The molecule has 3 aliphatic heterocycles. The smallest absolute Gasteiger partial charge is 0.386 e. The fourth-order valence-electron chi connectivity index (χ4n) is 11.0. The molecule has 42 heteroatoms. The quantitative estimate of drug-likeness (QED) is 0.0254. The number of aromatic nitrogens is 2. The summed E-state index contributed by atoms with van der Waals surface area (Å²) in [7, 11) is -7.50. The Labute approximate surface area is 651 Å². The number of nitrogens with zero attached hydrogens (tertiary/aromatic N) is 4. The van der Waals surface area contributed by atoms with E-state index in [0.717, 1.165) is 30.3 Å². The first-order valence-electron chi connectivity index (χ1n) is 37.8. The van der Waals surface area contributed by atoms with Crippen LogP contribution in [-0.4, -0.2) is 295 Å². The number of phosphoric ester groups is 2. The van der Waals surface area contributed by atoms with Crippen molar-refractivity contribution in [2.45, 2.75) is 178 Å². The van der Waals surface area contributed by atoms with Crippen molar-refractivity contribution >= 4 is 78.2 Å². The van der Waals surface area contributed by atoms with Crippen LogP contribution in [0.25, 0.3) is 0 Å². The normalized spacial score (nSPS) is 18.4. The second-order valence-corrected chi connectivity index (χ2v) is 31.4. The summed E-state index contributed by atoms with van der Waals surface area (Å²) in [5, 5.41) is 30.2. The number of rotatable bonds is 74. The number of nitrogens with one attached hydrogen (secondary N) is 4. The summed E-state index contributed by atoms with van der Waals surface area (Å²) < 4.78 is 105. The lowest BCUT2D eigenvalue weighted by molar-refractivity contribution is -0.129. The third-order valence-corrected chi connectivity index (χ3v) is 20.5. The topological polar surface area (TPSA) is 510 Å². The van der Waals surface area contributed by atoms with E-state index in [0.29, 0.717) is 240 Å². The summed E-state index contributed by atoms with van der Waals surface area (Å²) in [5.74, 6) is 0.771. The van der Waals surface area contributed by atoms with Crippen molar-refractivity contribution in [3.63, 3.8) is 0 Å². The van der Waals surface area contributed by atoms with Crippen molar-refractivity contribution in [1.82, 2.24) is 30.8 Å². The molecule has 0 bridgehead atoms. The molecule has 634 valence electrons. The number of hydrogen-bond donors (Lipinski definition) is 10. The van der Waals surface area contributed by atoms with Gasteiger partial charge >= 0.3 is 21.3 Å². The first-order chi connectivity index (χ1) is 52.9. The van der Waals surface area contributed by atoms with E-state index < -0.39 is 70.1 Å². The minimum absolute atomic E-state index is 0.0152. The van der Waals surface area contributed by atoms with Gasteiger partial charge in [0.25, 0.3) is 0 Å². The van der Waals surface area contributed by atoms with Crippen LogP contribution >= 0.6 is 37.2 Å². The molecule has 0 aliphatic carbocycles. The van der Waals surface area contributed by atoms with E-state index in [1.807, 2.05) is 6.92 Å². The average Bonchev–Trinajstić information content (AvgIpc) is 1.62. The van der Waals surface area contributed by atoms with Gasteiger partial charge in [-0.3, -0.25) is 42.4 Å². The molecule has 4 amide bonds. The van der Waals surface area contributed by atoms with E-state index in [1.165, 1.54) is 27.8 Å². The maximum Gasteiger partial charge on any atom is 0.470 e. The molecule has 3 aliphatic rings. The fourth-order valence-corrected chi connectivity index (χ4v) is 13.8. The van der Waals surface area contributed by atoms with Gasteiger partial charge in [0.15, 0.2) is 11.9 Å². The second-order valence-electron chi connectivity index (χ2n) is 26.2. The highest BCUT2D eigenvalue weighted by Gasteiger charge is 2.49. The molecule has 0 saturated carbocycles. The lowest BCUT2D eigenvalue weighted by Gasteiger charge is -2.21. The Morgan fingerprint density at radius 3 is 1.60 bits per heavy atom. The van der Waals surface area contributed by atoms with Crippen LogP contribution in [0.2, 0.25) is 0 Å². The molecule has 1 aromatic rings. The molecular formula is C68H121N9O29P2S2. The van der Waals surface area contributed by atoms with Gasteiger partial charge in [-0.2, -0.15) is 15.2 Å². The minimum Gasteiger partial charge on any atom is -0.386 e. The number of phosphoric acid groups is 2. The molecule has 2 fully saturated rings. The number of unbranched alkanes of at least 4 members (excludes halogenated alkanes) is 4. The monoisotopic (exact) mass is 1650 g/mol. The lowest BCUT2D eigenvalue weighted by atomic mass is 9.94. The summed E-state index contributed by atoms with van der Waals surface area (Å²) in [6, 6.07) is -0.668. The molecule has 2 saturated heterocycles. The molecule has 38 nitrogen and oxygen atoms in total. The molecule has 110 heavy (non-hydrogen) atoms. The van der Waals surface area contributed by atoms with Crippen LogP contribution in [-0.2, 0) is 115 Å². The Hall–Kier alpha value is -4.14. The van der Waals surface area contributed by atoms with Gasteiger partial charge in [0.05, 0.1) is 159 Å². The zero-order valence-corrected chi connectivity index (χ0v) is 67.1. The highest BCUT2D eigenvalue weighted by molar-refractivity contribution is 8.76. The predicted molar refractivity (Wildman–Crippen MR) is 402 cm³/mol. The first kappa shape index (κ1) is 98.2. The van der Waals surface area contributed by atoms with Crippen molar-refractivity contribution in [1.29, 1.82) is 0 Å². The number of aliphatic hydroxyl groups excluding tert-OH is 1. The van der Waals surface area contributed by atoms with Crippen LogP contribution in [0, 0.1) is 5.92 Å². The van der Waals surface area contributed by atoms with Gasteiger partial charge in [0, 0.05) is 100 Å². The van der Waals surface area contributed by atoms with E-state index in [1.54, 1.807) is 0 Å². The molecule has 1 unspecified atom stereocenters. The van der Waals surface area contributed by atoms with Crippen molar-refractivity contribution < 1.29 is 133 Å². The predicted octanol–water partition coefficient (Wildman–Crippen LogP) is 2.99.